The van der Waals surface area contributed by atoms with Crippen molar-refractivity contribution in [3.05, 3.63) is 29.3 Å². The number of fused-ring (bicyclic) bond motifs is 1. The number of anilines is 1. The molecule has 0 aliphatic carbocycles. The molecule has 0 aromatic heterocycles. The predicted octanol–water partition coefficient (Wildman–Crippen LogP) is 2.18. The van der Waals surface area contributed by atoms with E-state index in [4.69, 9.17) is 0 Å². The second-order valence-corrected chi connectivity index (χ2v) is 6.33. The number of rotatable bonds is 5. The molecular weight excluding hydrogens is 252 g/mol. The van der Waals surface area contributed by atoms with Gasteiger partial charge >= 0.3 is 0 Å². The molecule has 1 unspecified atom stereocenters. The first-order valence-electron chi connectivity index (χ1n) is 7.25. The lowest BCUT2D eigenvalue weighted by molar-refractivity contribution is 0.0368. The highest BCUT2D eigenvalue weighted by molar-refractivity contribution is 5.95. The Morgan fingerprint density at radius 2 is 2.25 bits per heavy atom. The maximum Gasteiger partial charge on any atom is 0.251 e. The summed E-state index contributed by atoms with van der Waals surface area (Å²) in [5.74, 6) is 0.261. The third-order valence-corrected chi connectivity index (χ3v) is 3.56. The molecule has 0 fully saturated rings. The maximum absolute atomic E-state index is 12.1. The van der Waals surface area contributed by atoms with Crippen LogP contribution in [0.25, 0.3) is 0 Å². The molecule has 0 saturated carbocycles. The van der Waals surface area contributed by atoms with Crippen molar-refractivity contribution in [3.8, 4) is 0 Å². The molecule has 1 aromatic rings. The van der Waals surface area contributed by atoms with Gasteiger partial charge in [0.05, 0.1) is 5.60 Å². The van der Waals surface area contributed by atoms with Gasteiger partial charge in [0.25, 0.3) is 5.91 Å². The van der Waals surface area contributed by atoms with Crippen molar-refractivity contribution in [2.45, 2.75) is 39.2 Å². The van der Waals surface area contributed by atoms with E-state index in [1.54, 1.807) is 6.92 Å². The van der Waals surface area contributed by atoms with Crippen LogP contribution in [0.15, 0.2) is 18.2 Å². The van der Waals surface area contributed by atoms with E-state index >= 15 is 0 Å². The van der Waals surface area contributed by atoms with E-state index in [1.165, 1.54) is 5.56 Å². The molecular formula is C16H24N2O2. The van der Waals surface area contributed by atoms with Crippen molar-refractivity contribution in [2.75, 3.05) is 18.4 Å². The molecule has 1 aromatic carbocycles. The second kappa shape index (κ2) is 5.83. The molecule has 1 aliphatic rings. The summed E-state index contributed by atoms with van der Waals surface area (Å²) in [7, 11) is 0. The van der Waals surface area contributed by atoms with E-state index in [2.05, 4.69) is 24.5 Å². The Kier molecular flexibility index (Phi) is 4.33. The summed E-state index contributed by atoms with van der Waals surface area (Å²) >= 11 is 0. The number of hydrogen-bond donors (Lipinski definition) is 3. The van der Waals surface area contributed by atoms with Crippen LogP contribution < -0.4 is 10.6 Å². The fraction of sp³-hybridized carbons (Fsp3) is 0.562. The van der Waals surface area contributed by atoms with Gasteiger partial charge in [-0.25, -0.2) is 0 Å². The van der Waals surface area contributed by atoms with Gasteiger partial charge in [0.15, 0.2) is 0 Å². The highest BCUT2D eigenvalue weighted by atomic mass is 16.3. The summed E-state index contributed by atoms with van der Waals surface area (Å²) in [6.07, 6.45) is 1.68. The minimum absolute atomic E-state index is 0.134. The van der Waals surface area contributed by atoms with Gasteiger partial charge in [-0.15, -0.1) is 0 Å². The Morgan fingerprint density at radius 1 is 1.50 bits per heavy atom. The SMILES string of the molecule is CC(C)CC(C)(O)CNC(=O)c1ccc2c(c1)NCC2. The standard InChI is InChI=1S/C16H24N2O2/c1-11(2)9-16(3,20)10-18-15(19)13-5-4-12-6-7-17-14(12)8-13/h4-5,8,11,17,20H,6-7,9-10H2,1-3H3,(H,18,19). The van der Waals surface area contributed by atoms with Crippen LogP contribution in [0, 0.1) is 5.92 Å². The number of carbonyl (C=O) groups is 1. The number of hydrogen-bond acceptors (Lipinski definition) is 3. The average molecular weight is 276 g/mol. The van der Waals surface area contributed by atoms with Crippen LogP contribution in [-0.4, -0.2) is 29.7 Å². The van der Waals surface area contributed by atoms with Crippen LogP contribution >= 0.6 is 0 Å². The average Bonchev–Trinajstić information content (AvgIpc) is 2.81. The quantitative estimate of drug-likeness (QED) is 0.772. The lowest BCUT2D eigenvalue weighted by Gasteiger charge is -2.25. The van der Waals surface area contributed by atoms with Crippen molar-refractivity contribution in [1.29, 1.82) is 0 Å². The first-order valence-corrected chi connectivity index (χ1v) is 7.25. The molecule has 4 heteroatoms. The fourth-order valence-corrected chi connectivity index (χ4v) is 2.76. The molecule has 1 atom stereocenters. The monoisotopic (exact) mass is 276 g/mol. The van der Waals surface area contributed by atoms with Crippen LogP contribution in [0.3, 0.4) is 0 Å². The first kappa shape index (κ1) is 14.9. The summed E-state index contributed by atoms with van der Waals surface area (Å²) in [5, 5.41) is 16.3. The number of aliphatic hydroxyl groups is 1. The van der Waals surface area contributed by atoms with E-state index in [-0.39, 0.29) is 12.5 Å². The topological polar surface area (TPSA) is 61.4 Å². The zero-order valence-corrected chi connectivity index (χ0v) is 12.5. The van der Waals surface area contributed by atoms with E-state index in [9.17, 15) is 9.90 Å². The molecule has 1 heterocycles. The van der Waals surface area contributed by atoms with E-state index in [0.29, 0.717) is 17.9 Å². The highest BCUT2D eigenvalue weighted by Crippen LogP contribution is 2.23. The lowest BCUT2D eigenvalue weighted by atomic mass is 9.94. The van der Waals surface area contributed by atoms with E-state index in [0.717, 1.165) is 18.7 Å². The van der Waals surface area contributed by atoms with Gasteiger partial charge in [-0.05, 0) is 43.4 Å². The van der Waals surface area contributed by atoms with Gasteiger partial charge < -0.3 is 15.7 Å². The third-order valence-electron chi connectivity index (χ3n) is 3.56. The van der Waals surface area contributed by atoms with Gasteiger partial charge in [0.1, 0.15) is 0 Å². The van der Waals surface area contributed by atoms with Crippen LogP contribution in [0.4, 0.5) is 5.69 Å². The molecule has 2 rings (SSSR count). The van der Waals surface area contributed by atoms with Gasteiger partial charge in [-0.3, -0.25) is 4.79 Å². The molecule has 0 spiro atoms. The fourth-order valence-electron chi connectivity index (χ4n) is 2.76. The third kappa shape index (κ3) is 3.73. The number of nitrogens with one attached hydrogen (secondary N) is 2. The first-order chi connectivity index (χ1) is 9.37. The molecule has 20 heavy (non-hydrogen) atoms. The van der Waals surface area contributed by atoms with Crippen molar-refractivity contribution < 1.29 is 9.90 Å². The number of benzene rings is 1. The largest absolute Gasteiger partial charge is 0.388 e. The minimum atomic E-state index is -0.862. The van der Waals surface area contributed by atoms with E-state index in [1.807, 2.05) is 18.2 Å². The molecule has 110 valence electrons. The Hall–Kier alpha value is -1.55. The normalized spacial score (nSPS) is 16.4. The molecule has 0 saturated heterocycles. The van der Waals surface area contributed by atoms with Crippen molar-refractivity contribution in [3.63, 3.8) is 0 Å². The van der Waals surface area contributed by atoms with Gasteiger partial charge in [-0.2, -0.15) is 0 Å². The van der Waals surface area contributed by atoms with Crippen molar-refractivity contribution >= 4 is 11.6 Å². The van der Waals surface area contributed by atoms with Crippen LogP contribution in [0.2, 0.25) is 0 Å². The smallest absolute Gasteiger partial charge is 0.251 e. The van der Waals surface area contributed by atoms with Crippen LogP contribution in [-0.2, 0) is 6.42 Å². The molecule has 0 bridgehead atoms. The number of carbonyl (C=O) groups excluding carboxylic acids is 1. The molecule has 1 aliphatic heterocycles. The Balaban J connectivity index is 1.95. The molecule has 0 radical (unpaired) electrons. The zero-order valence-electron chi connectivity index (χ0n) is 12.5. The van der Waals surface area contributed by atoms with Gasteiger partial charge in [0, 0.05) is 24.3 Å². The Labute approximate surface area is 120 Å². The van der Waals surface area contributed by atoms with Crippen molar-refractivity contribution in [2.24, 2.45) is 5.92 Å². The summed E-state index contributed by atoms with van der Waals surface area (Å²) in [6, 6.07) is 5.73. The van der Waals surface area contributed by atoms with E-state index < -0.39 is 5.60 Å². The predicted molar refractivity (Wildman–Crippen MR) is 81.0 cm³/mol. The summed E-state index contributed by atoms with van der Waals surface area (Å²) in [5.41, 5.74) is 2.08. The minimum Gasteiger partial charge on any atom is -0.388 e. The summed E-state index contributed by atoms with van der Waals surface area (Å²) in [6.45, 7) is 7.08. The summed E-state index contributed by atoms with van der Waals surface area (Å²) in [4.78, 5) is 12.1. The second-order valence-electron chi connectivity index (χ2n) is 6.33. The van der Waals surface area contributed by atoms with Gasteiger partial charge in [0.2, 0.25) is 0 Å². The Bertz CT molecular complexity index is 495. The van der Waals surface area contributed by atoms with Crippen LogP contribution in [0.5, 0.6) is 0 Å². The molecule has 4 nitrogen and oxygen atoms in total. The van der Waals surface area contributed by atoms with Crippen molar-refractivity contribution in [1.82, 2.24) is 5.32 Å². The summed E-state index contributed by atoms with van der Waals surface area (Å²) < 4.78 is 0. The van der Waals surface area contributed by atoms with Gasteiger partial charge in [-0.1, -0.05) is 19.9 Å². The molecule has 1 amide bonds. The lowest BCUT2D eigenvalue weighted by Crippen LogP contribution is -2.41. The maximum atomic E-state index is 12.1. The zero-order chi connectivity index (χ0) is 14.8. The van der Waals surface area contributed by atoms with Crippen LogP contribution in [0.1, 0.15) is 43.1 Å². The molecule has 3 N–H and O–H groups in total. The highest BCUT2D eigenvalue weighted by Gasteiger charge is 2.23. The number of amides is 1. The Morgan fingerprint density at radius 3 is 2.95 bits per heavy atom.